The molecule has 32 heavy (non-hydrogen) atoms. The normalized spacial score (nSPS) is 10.6. The number of carboxylic acid groups (broad SMARTS) is 1. The van der Waals surface area contributed by atoms with Crippen LogP contribution in [-0.2, 0) is 17.8 Å². The number of hydrogen-bond acceptors (Lipinski definition) is 4. The second-order valence-corrected chi connectivity index (χ2v) is 8.38. The number of ether oxygens (including phenoxy) is 1. The molecular formula is C22H15Br2F2NO5. The zero-order valence-corrected chi connectivity index (χ0v) is 19.3. The summed E-state index contributed by atoms with van der Waals surface area (Å²) >= 11 is 6.67. The van der Waals surface area contributed by atoms with E-state index < -0.39 is 23.5 Å². The second kappa shape index (κ2) is 10.1. The van der Waals surface area contributed by atoms with Gasteiger partial charge in [-0.05, 0) is 85.5 Å². The van der Waals surface area contributed by atoms with Gasteiger partial charge in [0.1, 0.15) is 11.5 Å². The maximum atomic E-state index is 13.3. The van der Waals surface area contributed by atoms with Crippen LogP contribution in [0.4, 0.5) is 8.78 Å². The zero-order chi connectivity index (χ0) is 23.4. The highest BCUT2D eigenvalue weighted by Gasteiger charge is 2.16. The van der Waals surface area contributed by atoms with E-state index in [-0.39, 0.29) is 30.0 Å². The van der Waals surface area contributed by atoms with E-state index in [1.807, 2.05) is 0 Å². The van der Waals surface area contributed by atoms with Gasteiger partial charge in [0.05, 0.1) is 20.9 Å². The van der Waals surface area contributed by atoms with Crippen LogP contribution in [0.2, 0.25) is 0 Å². The number of benzene rings is 3. The molecular weight excluding hydrogens is 556 g/mol. The van der Waals surface area contributed by atoms with Gasteiger partial charge in [0, 0.05) is 6.54 Å². The minimum absolute atomic E-state index is 0.0807. The molecule has 0 aromatic heterocycles. The quantitative estimate of drug-likeness (QED) is 0.346. The molecule has 0 aliphatic heterocycles. The number of phenolic OH excluding ortho intramolecular Hbond substituents is 1. The van der Waals surface area contributed by atoms with Gasteiger partial charge >= 0.3 is 5.97 Å². The smallest absolute Gasteiger partial charge is 0.307 e. The van der Waals surface area contributed by atoms with Gasteiger partial charge in [-0.25, -0.2) is 8.78 Å². The van der Waals surface area contributed by atoms with Gasteiger partial charge in [0.25, 0.3) is 5.91 Å². The van der Waals surface area contributed by atoms with Crippen LogP contribution in [0.25, 0.3) is 0 Å². The lowest BCUT2D eigenvalue weighted by molar-refractivity contribution is -0.136. The van der Waals surface area contributed by atoms with Crippen molar-refractivity contribution in [2.75, 3.05) is 0 Å². The van der Waals surface area contributed by atoms with Crippen LogP contribution >= 0.6 is 31.9 Å². The predicted molar refractivity (Wildman–Crippen MR) is 119 cm³/mol. The van der Waals surface area contributed by atoms with E-state index in [4.69, 9.17) is 9.84 Å². The highest BCUT2D eigenvalue weighted by atomic mass is 79.9. The number of aliphatic carboxylic acids is 1. The fourth-order valence-corrected chi connectivity index (χ4v) is 4.24. The average Bonchev–Trinajstić information content (AvgIpc) is 2.72. The SMILES string of the molecule is O=C(O)Cc1cc(Br)c(Oc2ccc(O)c(C(=O)NCc3ccc(F)c(F)c3)c2)c(Br)c1. The Labute approximate surface area is 198 Å². The maximum Gasteiger partial charge on any atom is 0.307 e. The first-order valence-corrected chi connectivity index (χ1v) is 10.7. The lowest BCUT2D eigenvalue weighted by Crippen LogP contribution is -2.23. The Morgan fingerprint density at radius 1 is 0.938 bits per heavy atom. The Kier molecular flexibility index (Phi) is 7.47. The van der Waals surface area contributed by atoms with Crippen molar-refractivity contribution < 1.29 is 33.3 Å². The predicted octanol–water partition coefficient (Wildman–Crippen LogP) is 5.54. The average molecular weight is 571 g/mol. The third-order valence-corrected chi connectivity index (χ3v) is 5.46. The number of nitrogens with one attached hydrogen (secondary N) is 1. The van der Waals surface area contributed by atoms with Crippen LogP contribution in [0.3, 0.4) is 0 Å². The molecule has 0 saturated heterocycles. The van der Waals surface area contributed by atoms with Crippen LogP contribution in [0.5, 0.6) is 17.2 Å². The number of amides is 1. The summed E-state index contributed by atoms with van der Waals surface area (Å²) in [5.41, 5.74) is 0.810. The van der Waals surface area contributed by atoms with Crippen LogP contribution in [0, 0.1) is 11.6 Å². The van der Waals surface area contributed by atoms with Gasteiger partial charge in [0.2, 0.25) is 0 Å². The minimum Gasteiger partial charge on any atom is -0.507 e. The van der Waals surface area contributed by atoms with E-state index >= 15 is 0 Å². The molecule has 0 bridgehead atoms. The first-order valence-electron chi connectivity index (χ1n) is 9.06. The first kappa shape index (κ1) is 23.7. The topological polar surface area (TPSA) is 95.9 Å². The minimum atomic E-state index is -1.03. The second-order valence-electron chi connectivity index (χ2n) is 6.67. The van der Waals surface area contributed by atoms with E-state index in [1.165, 1.54) is 24.3 Å². The number of phenols is 1. The Morgan fingerprint density at radius 2 is 1.62 bits per heavy atom. The van der Waals surface area contributed by atoms with E-state index in [9.17, 15) is 23.5 Å². The number of rotatable bonds is 7. The van der Waals surface area contributed by atoms with Crippen molar-refractivity contribution >= 4 is 43.7 Å². The molecule has 0 aliphatic carbocycles. The standard InChI is InChI=1S/C22H15Br2F2NO5/c23-15-5-12(8-20(29)30)6-16(24)21(15)32-13-2-4-19(28)14(9-13)22(31)27-10-11-1-3-17(25)18(26)7-11/h1-7,9,28H,8,10H2,(H,27,31)(H,29,30). The lowest BCUT2D eigenvalue weighted by atomic mass is 10.1. The summed E-state index contributed by atoms with van der Waals surface area (Å²) in [5, 5.41) is 21.5. The summed E-state index contributed by atoms with van der Waals surface area (Å²) < 4.78 is 33.1. The lowest BCUT2D eigenvalue weighted by Gasteiger charge is -2.13. The molecule has 0 heterocycles. The Balaban J connectivity index is 1.77. The first-order chi connectivity index (χ1) is 15.1. The number of aromatic hydroxyl groups is 1. The number of halogens is 4. The molecule has 0 unspecified atom stereocenters. The maximum absolute atomic E-state index is 13.3. The van der Waals surface area contributed by atoms with Gasteiger partial charge in [-0.1, -0.05) is 6.07 Å². The molecule has 0 aliphatic rings. The van der Waals surface area contributed by atoms with Crippen molar-refractivity contribution in [3.8, 4) is 17.2 Å². The van der Waals surface area contributed by atoms with Crippen molar-refractivity contribution in [2.24, 2.45) is 0 Å². The monoisotopic (exact) mass is 569 g/mol. The fourth-order valence-electron chi connectivity index (χ4n) is 2.79. The molecule has 166 valence electrons. The number of carboxylic acids is 1. The molecule has 0 fully saturated rings. The van der Waals surface area contributed by atoms with E-state index in [0.29, 0.717) is 25.8 Å². The highest BCUT2D eigenvalue weighted by molar-refractivity contribution is 9.11. The number of hydrogen-bond donors (Lipinski definition) is 3. The van der Waals surface area contributed by atoms with Crippen LogP contribution in [0.1, 0.15) is 21.5 Å². The molecule has 0 atom stereocenters. The molecule has 0 spiro atoms. The molecule has 3 aromatic carbocycles. The van der Waals surface area contributed by atoms with Crippen molar-refractivity contribution in [3.05, 3.63) is 85.8 Å². The molecule has 3 aromatic rings. The van der Waals surface area contributed by atoms with Crippen molar-refractivity contribution in [1.29, 1.82) is 0 Å². The van der Waals surface area contributed by atoms with Crippen molar-refractivity contribution in [2.45, 2.75) is 13.0 Å². The molecule has 10 heteroatoms. The largest absolute Gasteiger partial charge is 0.507 e. The molecule has 6 nitrogen and oxygen atoms in total. The third kappa shape index (κ3) is 5.83. The summed E-state index contributed by atoms with van der Waals surface area (Å²) in [5.74, 6) is -3.36. The van der Waals surface area contributed by atoms with E-state index in [1.54, 1.807) is 12.1 Å². The molecule has 0 saturated carbocycles. The van der Waals surface area contributed by atoms with Gasteiger partial charge < -0.3 is 20.3 Å². The molecule has 1 amide bonds. The molecule has 3 rings (SSSR count). The van der Waals surface area contributed by atoms with Gasteiger partial charge in [-0.3, -0.25) is 9.59 Å². The Bertz CT molecular complexity index is 1180. The van der Waals surface area contributed by atoms with Crippen LogP contribution in [0.15, 0.2) is 57.5 Å². The summed E-state index contributed by atoms with van der Waals surface area (Å²) in [6, 6.07) is 10.5. The number of carbonyl (C=O) groups excluding carboxylic acids is 1. The van der Waals surface area contributed by atoms with E-state index in [0.717, 1.165) is 12.1 Å². The summed E-state index contributed by atoms with van der Waals surface area (Å²) in [6.45, 7) is -0.0807. The summed E-state index contributed by atoms with van der Waals surface area (Å²) in [6.07, 6.45) is -0.168. The Hall–Kier alpha value is -2.98. The van der Waals surface area contributed by atoms with Crippen molar-refractivity contribution in [1.82, 2.24) is 5.32 Å². The number of carbonyl (C=O) groups is 2. The van der Waals surface area contributed by atoms with Crippen LogP contribution < -0.4 is 10.1 Å². The van der Waals surface area contributed by atoms with Crippen molar-refractivity contribution in [3.63, 3.8) is 0 Å². The summed E-state index contributed by atoms with van der Waals surface area (Å²) in [4.78, 5) is 23.4. The van der Waals surface area contributed by atoms with Gasteiger partial charge in [-0.2, -0.15) is 0 Å². The van der Waals surface area contributed by atoms with Crippen LogP contribution in [-0.4, -0.2) is 22.1 Å². The zero-order valence-electron chi connectivity index (χ0n) is 16.2. The van der Waals surface area contributed by atoms with Gasteiger partial charge in [-0.15, -0.1) is 0 Å². The third-order valence-electron chi connectivity index (χ3n) is 4.28. The van der Waals surface area contributed by atoms with E-state index in [2.05, 4.69) is 37.2 Å². The highest BCUT2D eigenvalue weighted by Crippen LogP contribution is 2.38. The fraction of sp³-hybridized carbons (Fsp3) is 0.0909. The molecule has 3 N–H and O–H groups in total. The Morgan fingerprint density at radius 3 is 2.25 bits per heavy atom. The molecule has 0 radical (unpaired) electrons. The summed E-state index contributed by atoms with van der Waals surface area (Å²) in [7, 11) is 0. The van der Waals surface area contributed by atoms with Gasteiger partial charge in [0.15, 0.2) is 17.4 Å².